The van der Waals surface area contributed by atoms with Crippen molar-refractivity contribution in [3.8, 4) is 0 Å². The summed E-state index contributed by atoms with van der Waals surface area (Å²) in [5, 5.41) is 0. The minimum atomic E-state index is -0.228. The lowest BCUT2D eigenvalue weighted by atomic mass is 10.1. The standard InChI is InChI=1S/C13H18FNO2/c1-3-17-13(16)10-15(2)9-8-11-4-6-12(14)7-5-11/h4-7H,3,8-10H2,1-2H3. The first kappa shape index (κ1) is 13.6. The summed E-state index contributed by atoms with van der Waals surface area (Å²) in [6, 6.07) is 6.41. The average molecular weight is 239 g/mol. The zero-order valence-corrected chi connectivity index (χ0v) is 10.3. The van der Waals surface area contributed by atoms with Gasteiger partial charge >= 0.3 is 5.97 Å². The summed E-state index contributed by atoms with van der Waals surface area (Å²) in [6.45, 7) is 3.22. The number of rotatable bonds is 6. The molecule has 0 bridgehead atoms. The van der Waals surface area contributed by atoms with Gasteiger partial charge in [0.25, 0.3) is 0 Å². The van der Waals surface area contributed by atoms with Crippen molar-refractivity contribution in [2.24, 2.45) is 0 Å². The molecule has 1 aromatic rings. The molecule has 0 heterocycles. The van der Waals surface area contributed by atoms with Gasteiger partial charge in [0.1, 0.15) is 5.82 Å². The van der Waals surface area contributed by atoms with Crippen molar-refractivity contribution < 1.29 is 13.9 Å². The number of hydrogen-bond acceptors (Lipinski definition) is 3. The van der Waals surface area contributed by atoms with E-state index >= 15 is 0 Å². The van der Waals surface area contributed by atoms with E-state index in [4.69, 9.17) is 4.74 Å². The van der Waals surface area contributed by atoms with E-state index in [1.54, 1.807) is 19.1 Å². The summed E-state index contributed by atoms with van der Waals surface area (Å²) in [4.78, 5) is 13.1. The second-order valence-electron chi connectivity index (χ2n) is 3.92. The molecule has 3 nitrogen and oxygen atoms in total. The van der Waals surface area contributed by atoms with Crippen LogP contribution in [0.2, 0.25) is 0 Å². The number of likely N-dealkylation sites (N-methyl/N-ethyl adjacent to an activating group) is 1. The summed E-state index contributed by atoms with van der Waals surface area (Å²) >= 11 is 0. The Bertz CT molecular complexity index is 351. The molecule has 0 fully saturated rings. The fourth-order valence-corrected chi connectivity index (χ4v) is 1.48. The molecule has 0 amide bonds. The highest BCUT2D eigenvalue weighted by Gasteiger charge is 2.06. The Morgan fingerprint density at radius 3 is 2.59 bits per heavy atom. The van der Waals surface area contributed by atoms with Gasteiger partial charge in [0, 0.05) is 6.54 Å². The third kappa shape index (κ3) is 5.45. The number of halogens is 1. The molecule has 0 aromatic heterocycles. The monoisotopic (exact) mass is 239 g/mol. The summed E-state index contributed by atoms with van der Waals surface area (Å²) < 4.78 is 17.5. The number of ether oxygens (including phenoxy) is 1. The van der Waals surface area contributed by atoms with E-state index < -0.39 is 0 Å². The minimum absolute atomic E-state index is 0.214. The molecule has 4 heteroatoms. The number of esters is 1. The van der Waals surface area contributed by atoms with Gasteiger partial charge in [-0.05, 0) is 38.1 Å². The third-order valence-corrected chi connectivity index (χ3v) is 2.40. The molecule has 94 valence electrons. The highest BCUT2D eigenvalue weighted by atomic mass is 19.1. The highest BCUT2D eigenvalue weighted by Crippen LogP contribution is 2.04. The summed E-state index contributed by atoms with van der Waals surface area (Å²) in [5.41, 5.74) is 1.06. The van der Waals surface area contributed by atoms with Gasteiger partial charge in [-0.2, -0.15) is 0 Å². The minimum Gasteiger partial charge on any atom is -0.465 e. The number of carbonyl (C=O) groups is 1. The van der Waals surface area contributed by atoms with E-state index in [0.29, 0.717) is 6.61 Å². The Morgan fingerprint density at radius 1 is 1.35 bits per heavy atom. The predicted octanol–water partition coefficient (Wildman–Crippen LogP) is 1.86. The molecule has 17 heavy (non-hydrogen) atoms. The molecule has 0 saturated heterocycles. The number of hydrogen-bond donors (Lipinski definition) is 0. The third-order valence-electron chi connectivity index (χ3n) is 2.40. The maximum atomic E-state index is 12.7. The first-order valence-electron chi connectivity index (χ1n) is 5.70. The molecule has 0 N–H and O–H groups in total. The lowest BCUT2D eigenvalue weighted by Gasteiger charge is -2.15. The van der Waals surface area contributed by atoms with Gasteiger partial charge in [0.05, 0.1) is 13.2 Å². The molecule has 0 spiro atoms. The van der Waals surface area contributed by atoms with Crippen LogP contribution < -0.4 is 0 Å². The van der Waals surface area contributed by atoms with Gasteiger partial charge in [-0.1, -0.05) is 12.1 Å². The van der Waals surface area contributed by atoms with Crippen molar-refractivity contribution in [2.75, 3.05) is 26.7 Å². The first-order chi connectivity index (χ1) is 8.11. The summed E-state index contributed by atoms with van der Waals surface area (Å²) in [7, 11) is 1.86. The molecular weight excluding hydrogens is 221 g/mol. The van der Waals surface area contributed by atoms with Crippen LogP contribution in [0.5, 0.6) is 0 Å². The Kier molecular flexibility index (Phi) is 5.63. The quantitative estimate of drug-likeness (QED) is 0.710. The van der Waals surface area contributed by atoms with E-state index in [2.05, 4.69) is 0 Å². The Labute approximate surface area is 101 Å². The maximum Gasteiger partial charge on any atom is 0.320 e. The highest BCUT2D eigenvalue weighted by molar-refractivity contribution is 5.71. The topological polar surface area (TPSA) is 29.5 Å². The molecule has 0 atom stereocenters. The van der Waals surface area contributed by atoms with Crippen molar-refractivity contribution in [1.29, 1.82) is 0 Å². The second kappa shape index (κ2) is 7.01. The normalized spacial score (nSPS) is 10.6. The fourth-order valence-electron chi connectivity index (χ4n) is 1.48. The Morgan fingerprint density at radius 2 is 2.00 bits per heavy atom. The average Bonchev–Trinajstić information content (AvgIpc) is 2.28. The Hall–Kier alpha value is -1.42. The van der Waals surface area contributed by atoms with Crippen LogP contribution in [-0.4, -0.2) is 37.6 Å². The second-order valence-corrected chi connectivity index (χ2v) is 3.92. The van der Waals surface area contributed by atoms with Crippen molar-refractivity contribution in [3.05, 3.63) is 35.6 Å². The first-order valence-corrected chi connectivity index (χ1v) is 5.70. The van der Waals surface area contributed by atoms with E-state index in [9.17, 15) is 9.18 Å². The van der Waals surface area contributed by atoms with Crippen molar-refractivity contribution >= 4 is 5.97 Å². The van der Waals surface area contributed by atoms with E-state index in [1.807, 2.05) is 11.9 Å². The smallest absolute Gasteiger partial charge is 0.320 e. The molecule has 0 aliphatic rings. The van der Waals surface area contributed by atoms with Gasteiger partial charge in [0.2, 0.25) is 0 Å². The van der Waals surface area contributed by atoms with Crippen LogP contribution in [-0.2, 0) is 16.0 Å². The Balaban J connectivity index is 2.30. The molecular formula is C13H18FNO2. The molecule has 0 aliphatic heterocycles. The molecule has 0 saturated carbocycles. The predicted molar refractivity (Wildman–Crippen MR) is 64.2 cm³/mol. The van der Waals surface area contributed by atoms with Crippen LogP contribution in [0, 0.1) is 5.82 Å². The lowest BCUT2D eigenvalue weighted by Crippen LogP contribution is -2.29. The molecule has 1 aromatic carbocycles. The molecule has 0 radical (unpaired) electrons. The number of carbonyl (C=O) groups excluding carboxylic acids is 1. The van der Waals surface area contributed by atoms with Crippen LogP contribution in [0.1, 0.15) is 12.5 Å². The van der Waals surface area contributed by atoms with Crippen molar-refractivity contribution in [1.82, 2.24) is 4.90 Å². The van der Waals surface area contributed by atoms with Gasteiger partial charge in [-0.3, -0.25) is 9.69 Å². The van der Waals surface area contributed by atoms with Gasteiger partial charge < -0.3 is 4.74 Å². The zero-order chi connectivity index (χ0) is 12.7. The van der Waals surface area contributed by atoms with Crippen LogP contribution >= 0.6 is 0 Å². The van der Waals surface area contributed by atoms with Crippen molar-refractivity contribution in [3.63, 3.8) is 0 Å². The van der Waals surface area contributed by atoms with Gasteiger partial charge in [-0.25, -0.2) is 4.39 Å². The van der Waals surface area contributed by atoms with Crippen LogP contribution in [0.3, 0.4) is 0 Å². The van der Waals surface area contributed by atoms with Crippen LogP contribution in [0.25, 0.3) is 0 Å². The lowest BCUT2D eigenvalue weighted by molar-refractivity contribution is -0.144. The van der Waals surface area contributed by atoms with Gasteiger partial charge in [0.15, 0.2) is 0 Å². The molecule has 0 unspecified atom stereocenters. The fraction of sp³-hybridized carbons (Fsp3) is 0.462. The van der Waals surface area contributed by atoms with Crippen LogP contribution in [0.4, 0.5) is 4.39 Å². The summed E-state index contributed by atoms with van der Waals surface area (Å²) in [5.74, 6) is -0.442. The van der Waals surface area contributed by atoms with E-state index in [0.717, 1.165) is 18.5 Å². The van der Waals surface area contributed by atoms with E-state index in [1.165, 1.54) is 12.1 Å². The SMILES string of the molecule is CCOC(=O)CN(C)CCc1ccc(F)cc1. The largest absolute Gasteiger partial charge is 0.465 e. The number of nitrogens with zero attached hydrogens (tertiary/aromatic N) is 1. The maximum absolute atomic E-state index is 12.7. The van der Waals surface area contributed by atoms with Crippen LogP contribution in [0.15, 0.2) is 24.3 Å². The zero-order valence-electron chi connectivity index (χ0n) is 10.3. The van der Waals surface area contributed by atoms with Gasteiger partial charge in [-0.15, -0.1) is 0 Å². The van der Waals surface area contributed by atoms with E-state index in [-0.39, 0.29) is 18.3 Å². The molecule has 1 rings (SSSR count). The molecule has 0 aliphatic carbocycles. The van der Waals surface area contributed by atoms with Crippen molar-refractivity contribution in [2.45, 2.75) is 13.3 Å². The number of benzene rings is 1. The summed E-state index contributed by atoms with van der Waals surface area (Å²) in [6.07, 6.45) is 0.788.